The highest BCUT2D eigenvalue weighted by Crippen LogP contribution is 2.24. The Hall–Kier alpha value is -0.970. The number of nitrogens with one attached hydrogen (secondary N) is 1. The minimum Gasteiger partial charge on any atom is -0.316 e. The van der Waals surface area contributed by atoms with E-state index in [2.05, 4.69) is 15.4 Å². The first kappa shape index (κ1) is 8.62. The van der Waals surface area contributed by atoms with Crippen LogP contribution < -0.4 is 5.32 Å². The zero-order valence-electron chi connectivity index (χ0n) is 7.41. The first-order valence-corrected chi connectivity index (χ1v) is 4.51. The molecule has 4 nitrogen and oxygen atoms in total. The summed E-state index contributed by atoms with van der Waals surface area (Å²) in [6, 6.07) is 0. The molecule has 0 spiro atoms. The lowest BCUT2D eigenvalue weighted by atomic mass is 9.95. The number of alkyl halides is 1. The molecule has 1 aromatic heterocycles. The molecule has 2 heterocycles. The van der Waals surface area contributed by atoms with Gasteiger partial charge in [-0.25, -0.2) is 14.1 Å². The normalized spacial score (nSPS) is 21.6. The number of rotatable bonds is 2. The summed E-state index contributed by atoms with van der Waals surface area (Å²) in [7, 11) is 0. The Labute approximate surface area is 76.2 Å². The van der Waals surface area contributed by atoms with E-state index >= 15 is 0 Å². The summed E-state index contributed by atoms with van der Waals surface area (Å²) in [5, 5.41) is 7.03. The standard InChI is InChI=1S/C8H13FN4/c9-8(1-3-10-4-2-8)5-13-7-11-6-12-13/h6-7,10H,1-5H2. The van der Waals surface area contributed by atoms with Crippen molar-refractivity contribution in [1.29, 1.82) is 0 Å². The minimum atomic E-state index is -1.10. The van der Waals surface area contributed by atoms with Gasteiger partial charge in [-0.2, -0.15) is 5.10 Å². The monoisotopic (exact) mass is 184 g/mol. The third-order valence-corrected chi connectivity index (χ3v) is 2.41. The lowest BCUT2D eigenvalue weighted by Gasteiger charge is -2.29. The Morgan fingerprint density at radius 1 is 1.46 bits per heavy atom. The Bertz CT molecular complexity index is 253. The zero-order chi connectivity index (χ0) is 9.15. The lowest BCUT2D eigenvalue weighted by molar-refractivity contribution is 0.0893. The van der Waals surface area contributed by atoms with Gasteiger partial charge in [-0.1, -0.05) is 0 Å². The van der Waals surface area contributed by atoms with Crippen molar-refractivity contribution in [3.63, 3.8) is 0 Å². The second-order valence-corrected chi connectivity index (χ2v) is 3.49. The molecule has 0 bridgehead atoms. The Morgan fingerprint density at radius 2 is 2.23 bits per heavy atom. The van der Waals surface area contributed by atoms with E-state index in [1.807, 2.05) is 0 Å². The highest BCUT2D eigenvalue weighted by Gasteiger charge is 2.32. The van der Waals surface area contributed by atoms with Crippen LogP contribution in [0.25, 0.3) is 0 Å². The molecule has 2 rings (SSSR count). The van der Waals surface area contributed by atoms with Gasteiger partial charge in [0.15, 0.2) is 0 Å². The van der Waals surface area contributed by atoms with E-state index in [1.54, 1.807) is 11.0 Å². The number of hydrogen-bond donors (Lipinski definition) is 1. The fraction of sp³-hybridized carbons (Fsp3) is 0.750. The molecule has 13 heavy (non-hydrogen) atoms. The molecule has 0 amide bonds. The van der Waals surface area contributed by atoms with Gasteiger partial charge in [0.25, 0.3) is 0 Å². The quantitative estimate of drug-likeness (QED) is 0.722. The molecule has 1 aromatic rings. The summed E-state index contributed by atoms with van der Waals surface area (Å²) in [6.45, 7) is 1.84. The first-order chi connectivity index (χ1) is 6.29. The maximum Gasteiger partial charge on any atom is 0.137 e. The summed E-state index contributed by atoms with van der Waals surface area (Å²) >= 11 is 0. The predicted octanol–water partition coefficient (Wildman–Crippen LogP) is 0.370. The molecule has 0 atom stereocenters. The SMILES string of the molecule is FC1(Cn2cncn2)CCNCC1. The van der Waals surface area contributed by atoms with Gasteiger partial charge >= 0.3 is 0 Å². The van der Waals surface area contributed by atoms with Crippen molar-refractivity contribution in [2.24, 2.45) is 0 Å². The van der Waals surface area contributed by atoms with E-state index in [1.165, 1.54) is 6.33 Å². The highest BCUT2D eigenvalue weighted by atomic mass is 19.1. The second kappa shape index (κ2) is 3.41. The van der Waals surface area contributed by atoms with Crippen molar-refractivity contribution >= 4 is 0 Å². The molecule has 0 saturated carbocycles. The van der Waals surface area contributed by atoms with E-state index in [-0.39, 0.29) is 0 Å². The van der Waals surface area contributed by atoms with Crippen LogP contribution in [0.2, 0.25) is 0 Å². The van der Waals surface area contributed by atoms with E-state index in [0.717, 1.165) is 13.1 Å². The average Bonchev–Trinajstić information content (AvgIpc) is 2.57. The van der Waals surface area contributed by atoms with Crippen LogP contribution in [0, 0.1) is 0 Å². The molecular weight excluding hydrogens is 171 g/mol. The van der Waals surface area contributed by atoms with Crippen molar-refractivity contribution in [3.05, 3.63) is 12.7 Å². The highest BCUT2D eigenvalue weighted by molar-refractivity contribution is 4.84. The summed E-state index contributed by atoms with van der Waals surface area (Å²) in [4.78, 5) is 3.79. The van der Waals surface area contributed by atoms with Crippen LogP contribution in [0.3, 0.4) is 0 Å². The van der Waals surface area contributed by atoms with E-state index in [9.17, 15) is 4.39 Å². The predicted molar refractivity (Wildman–Crippen MR) is 46.0 cm³/mol. The Morgan fingerprint density at radius 3 is 2.85 bits per heavy atom. The third-order valence-electron chi connectivity index (χ3n) is 2.41. The molecule has 1 saturated heterocycles. The van der Waals surface area contributed by atoms with Crippen LogP contribution in [0.15, 0.2) is 12.7 Å². The van der Waals surface area contributed by atoms with Gasteiger partial charge in [-0.15, -0.1) is 0 Å². The van der Waals surface area contributed by atoms with Gasteiger partial charge in [0, 0.05) is 0 Å². The maximum absolute atomic E-state index is 14.0. The van der Waals surface area contributed by atoms with Crippen LogP contribution >= 0.6 is 0 Å². The fourth-order valence-electron chi connectivity index (χ4n) is 1.64. The second-order valence-electron chi connectivity index (χ2n) is 3.49. The maximum atomic E-state index is 14.0. The fourth-order valence-corrected chi connectivity index (χ4v) is 1.64. The molecule has 0 radical (unpaired) electrons. The molecule has 0 unspecified atom stereocenters. The number of halogens is 1. The molecule has 0 aliphatic carbocycles. The van der Waals surface area contributed by atoms with Gasteiger partial charge in [-0.05, 0) is 25.9 Å². The van der Waals surface area contributed by atoms with Crippen molar-refractivity contribution < 1.29 is 4.39 Å². The molecule has 5 heteroatoms. The summed E-state index contributed by atoms with van der Waals surface area (Å²) in [5.74, 6) is 0. The molecule has 1 N–H and O–H groups in total. The molecule has 1 fully saturated rings. The van der Waals surface area contributed by atoms with Gasteiger partial charge in [0.2, 0.25) is 0 Å². The van der Waals surface area contributed by atoms with E-state index in [0.29, 0.717) is 19.4 Å². The molecule has 1 aliphatic heterocycles. The van der Waals surface area contributed by atoms with Crippen LogP contribution in [-0.2, 0) is 6.54 Å². The number of hydrogen-bond acceptors (Lipinski definition) is 3. The van der Waals surface area contributed by atoms with Gasteiger partial charge in [-0.3, -0.25) is 0 Å². The van der Waals surface area contributed by atoms with E-state index in [4.69, 9.17) is 0 Å². The van der Waals surface area contributed by atoms with Crippen molar-refractivity contribution in [3.8, 4) is 0 Å². The number of aromatic nitrogens is 3. The minimum absolute atomic E-state index is 0.328. The molecule has 0 aromatic carbocycles. The van der Waals surface area contributed by atoms with Crippen molar-refractivity contribution in [2.45, 2.75) is 25.1 Å². The topological polar surface area (TPSA) is 42.7 Å². The van der Waals surface area contributed by atoms with Crippen LogP contribution in [-0.4, -0.2) is 33.5 Å². The van der Waals surface area contributed by atoms with Gasteiger partial charge in [0.1, 0.15) is 18.3 Å². The Balaban J connectivity index is 1.99. The lowest BCUT2D eigenvalue weighted by Crippen LogP contribution is -2.41. The summed E-state index contributed by atoms with van der Waals surface area (Å²) < 4.78 is 15.6. The first-order valence-electron chi connectivity index (χ1n) is 4.51. The van der Waals surface area contributed by atoms with Crippen LogP contribution in [0.4, 0.5) is 4.39 Å². The van der Waals surface area contributed by atoms with Crippen LogP contribution in [0.1, 0.15) is 12.8 Å². The Kier molecular flexibility index (Phi) is 2.26. The molecular formula is C8H13FN4. The van der Waals surface area contributed by atoms with Gasteiger partial charge < -0.3 is 5.32 Å². The zero-order valence-corrected chi connectivity index (χ0v) is 7.41. The van der Waals surface area contributed by atoms with Gasteiger partial charge in [0.05, 0.1) is 6.54 Å². The molecule has 1 aliphatic rings. The number of piperidine rings is 1. The van der Waals surface area contributed by atoms with Crippen LogP contribution in [0.5, 0.6) is 0 Å². The largest absolute Gasteiger partial charge is 0.316 e. The summed E-state index contributed by atoms with van der Waals surface area (Å²) in [5.41, 5.74) is -1.10. The third kappa shape index (κ3) is 2.03. The van der Waals surface area contributed by atoms with E-state index < -0.39 is 5.67 Å². The number of nitrogens with zero attached hydrogens (tertiary/aromatic N) is 3. The summed E-state index contributed by atoms with van der Waals surface area (Å²) in [6.07, 6.45) is 4.12. The smallest absolute Gasteiger partial charge is 0.137 e. The van der Waals surface area contributed by atoms with Crippen molar-refractivity contribution in [1.82, 2.24) is 20.1 Å². The van der Waals surface area contributed by atoms with Crippen molar-refractivity contribution in [2.75, 3.05) is 13.1 Å². The average molecular weight is 184 g/mol. The molecule has 72 valence electrons.